The number of methoxy groups -OCH3 is 1. The molecule has 0 unspecified atom stereocenters. The topological polar surface area (TPSA) is 65.0 Å². The highest BCUT2D eigenvalue weighted by Crippen LogP contribution is 2.46. The molecule has 1 aliphatic carbocycles. The van der Waals surface area contributed by atoms with Gasteiger partial charge < -0.3 is 19.3 Å². The Labute approximate surface area is 265 Å². The summed E-state index contributed by atoms with van der Waals surface area (Å²) in [6.45, 7) is 7.65. The average molecular weight is 668 g/mol. The fourth-order valence-corrected chi connectivity index (χ4v) is 5.34. The smallest absolute Gasteiger partial charge is 0.341 e. The van der Waals surface area contributed by atoms with E-state index in [2.05, 4.69) is 15.9 Å². The number of aliphatic hydroxyl groups excluding tert-OH is 1. The monoisotopic (exact) mass is 666 g/mol. The SMILES string of the molecule is CC(C)Oc1cc(-c2ccc(F)cc2)c(C2CC2)cc1CO.COC(=O)c1cc(Br)c(-c2ccc(F)cc2)cc1OC(C)C. The Hall–Kier alpha value is -3.75. The van der Waals surface area contributed by atoms with Gasteiger partial charge in [-0.1, -0.05) is 40.2 Å². The van der Waals surface area contributed by atoms with Crippen molar-refractivity contribution in [3.05, 3.63) is 106 Å². The highest BCUT2D eigenvalue weighted by atomic mass is 79.9. The molecule has 5 nitrogen and oxygen atoms in total. The lowest BCUT2D eigenvalue weighted by Gasteiger charge is -2.18. The molecule has 0 saturated heterocycles. The van der Waals surface area contributed by atoms with Crippen LogP contribution in [0.2, 0.25) is 0 Å². The molecule has 0 aromatic heterocycles. The molecule has 0 bridgehead atoms. The number of halogens is 3. The minimum Gasteiger partial charge on any atom is -0.491 e. The standard InChI is InChI=1S/C19H21FO2.C17H16BrFO3/c1-12(2)22-19-10-18(14-5-7-16(20)8-6-14)17(13-3-4-13)9-15(19)11-21;1-10(2)22-16-9-13(11-4-6-12(19)7-5-11)15(18)8-14(16)17(20)21-3/h5-10,12-13,21H,3-4,11H2,1-2H3;4-10H,1-3H3. The zero-order valence-corrected chi connectivity index (χ0v) is 27.1. The molecule has 1 fully saturated rings. The summed E-state index contributed by atoms with van der Waals surface area (Å²) in [5.74, 6) is 0.679. The van der Waals surface area contributed by atoms with Crippen LogP contribution >= 0.6 is 15.9 Å². The fourth-order valence-electron chi connectivity index (χ4n) is 4.77. The van der Waals surface area contributed by atoms with Crippen LogP contribution in [0.25, 0.3) is 22.3 Å². The largest absolute Gasteiger partial charge is 0.491 e. The second kappa shape index (κ2) is 14.8. The molecule has 5 rings (SSSR count). The molecule has 0 atom stereocenters. The Kier molecular flexibility index (Phi) is 11.2. The quantitative estimate of drug-likeness (QED) is 0.180. The molecular formula is C36H37BrF2O5. The lowest BCUT2D eigenvalue weighted by Crippen LogP contribution is -2.11. The highest BCUT2D eigenvalue weighted by Gasteiger charge is 2.28. The number of esters is 1. The van der Waals surface area contributed by atoms with Gasteiger partial charge in [-0.3, -0.25) is 0 Å². The van der Waals surface area contributed by atoms with E-state index in [0.29, 0.717) is 27.5 Å². The van der Waals surface area contributed by atoms with Crippen molar-refractivity contribution in [1.82, 2.24) is 0 Å². The van der Waals surface area contributed by atoms with E-state index in [0.717, 1.165) is 27.8 Å². The Morgan fingerprint density at radius 1 is 0.818 bits per heavy atom. The van der Waals surface area contributed by atoms with Gasteiger partial charge in [0, 0.05) is 10.0 Å². The molecule has 4 aromatic rings. The van der Waals surface area contributed by atoms with Crippen LogP contribution in [0, 0.1) is 11.6 Å². The third kappa shape index (κ3) is 8.45. The Bertz CT molecular complexity index is 1580. The van der Waals surface area contributed by atoms with Gasteiger partial charge in [0.15, 0.2) is 0 Å². The minimum atomic E-state index is -0.470. The number of rotatable bonds is 9. The maximum Gasteiger partial charge on any atom is 0.341 e. The molecule has 0 heterocycles. The summed E-state index contributed by atoms with van der Waals surface area (Å²) >= 11 is 3.44. The number of benzene rings is 4. The van der Waals surface area contributed by atoms with E-state index >= 15 is 0 Å². The van der Waals surface area contributed by atoms with E-state index in [9.17, 15) is 18.7 Å². The molecule has 232 valence electrons. The van der Waals surface area contributed by atoms with Gasteiger partial charge in [-0.05, 0) is 123 Å². The number of hydrogen-bond acceptors (Lipinski definition) is 5. The first-order chi connectivity index (χ1) is 21.0. The van der Waals surface area contributed by atoms with Crippen LogP contribution in [-0.4, -0.2) is 30.4 Å². The molecule has 0 aliphatic heterocycles. The summed E-state index contributed by atoms with van der Waals surface area (Å²) in [5.41, 5.74) is 6.08. The minimum absolute atomic E-state index is 0.0362. The van der Waals surface area contributed by atoms with Crippen LogP contribution in [-0.2, 0) is 11.3 Å². The average Bonchev–Trinajstić information content (AvgIpc) is 3.84. The first-order valence-corrected chi connectivity index (χ1v) is 15.3. The Morgan fingerprint density at radius 3 is 1.80 bits per heavy atom. The Balaban J connectivity index is 0.000000201. The summed E-state index contributed by atoms with van der Waals surface area (Å²) in [6.07, 6.45) is 2.29. The maximum atomic E-state index is 13.2. The molecule has 1 N–H and O–H groups in total. The second-order valence-electron chi connectivity index (χ2n) is 11.1. The van der Waals surface area contributed by atoms with Crippen molar-refractivity contribution in [2.45, 2.75) is 65.3 Å². The van der Waals surface area contributed by atoms with Crippen molar-refractivity contribution in [1.29, 1.82) is 0 Å². The van der Waals surface area contributed by atoms with Gasteiger partial charge in [0.25, 0.3) is 0 Å². The van der Waals surface area contributed by atoms with Gasteiger partial charge in [-0.2, -0.15) is 0 Å². The van der Waals surface area contributed by atoms with Gasteiger partial charge in [0.1, 0.15) is 28.7 Å². The molecule has 0 radical (unpaired) electrons. The summed E-state index contributed by atoms with van der Waals surface area (Å²) < 4.78 is 43.3. The third-order valence-electron chi connectivity index (χ3n) is 6.93. The molecule has 1 aliphatic rings. The van der Waals surface area contributed by atoms with Crippen LogP contribution in [0.4, 0.5) is 8.78 Å². The molecule has 44 heavy (non-hydrogen) atoms. The van der Waals surface area contributed by atoms with E-state index < -0.39 is 5.97 Å². The van der Waals surface area contributed by atoms with Gasteiger partial charge in [-0.15, -0.1) is 0 Å². The van der Waals surface area contributed by atoms with E-state index in [4.69, 9.17) is 14.2 Å². The number of hydrogen-bond donors (Lipinski definition) is 1. The molecular weight excluding hydrogens is 630 g/mol. The highest BCUT2D eigenvalue weighted by molar-refractivity contribution is 9.10. The van der Waals surface area contributed by atoms with Gasteiger partial charge in [0.2, 0.25) is 0 Å². The van der Waals surface area contributed by atoms with Crippen LogP contribution in [0.3, 0.4) is 0 Å². The maximum absolute atomic E-state index is 13.2. The van der Waals surface area contributed by atoms with Crippen LogP contribution in [0.15, 0.2) is 77.3 Å². The van der Waals surface area contributed by atoms with E-state index in [1.54, 1.807) is 36.4 Å². The zero-order chi connectivity index (χ0) is 32.0. The summed E-state index contributed by atoms with van der Waals surface area (Å²) in [5, 5.41) is 9.63. The number of carbonyl (C=O) groups is 1. The second-order valence-corrected chi connectivity index (χ2v) is 12.0. The summed E-state index contributed by atoms with van der Waals surface area (Å²) in [6, 6.07) is 20.1. The van der Waals surface area contributed by atoms with Crippen molar-refractivity contribution in [2.75, 3.05) is 7.11 Å². The van der Waals surface area contributed by atoms with Crippen molar-refractivity contribution in [3.8, 4) is 33.8 Å². The van der Waals surface area contributed by atoms with Gasteiger partial charge in [-0.25, -0.2) is 13.6 Å². The Morgan fingerprint density at radius 2 is 1.32 bits per heavy atom. The number of aliphatic hydroxyl groups is 1. The first kappa shape index (κ1) is 33.1. The first-order valence-electron chi connectivity index (χ1n) is 14.5. The van der Waals surface area contributed by atoms with Crippen LogP contribution < -0.4 is 9.47 Å². The van der Waals surface area contributed by atoms with Crippen molar-refractivity contribution in [3.63, 3.8) is 0 Å². The zero-order valence-electron chi connectivity index (χ0n) is 25.5. The number of carbonyl (C=O) groups excluding carboxylic acids is 1. The molecule has 0 spiro atoms. The third-order valence-corrected chi connectivity index (χ3v) is 7.59. The van der Waals surface area contributed by atoms with Crippen LogP contribution in [0.1, 0.15) is 67.9 Å². The molecule has 1 saturated carbocycles. The van der Waals surface area contributed by atoms with Crippen molar-refractivity contribution in [2.24, 2.45) is 0 Å². The van der Waals surface area contributed by atoms with Crippen LogP contribution in [0.5, 0.6) is 11.5 Å². The summed E-state index contributed by atoms with van der Waals surface area (Å²) in [7, 11) is 1.32. The van der Waals surface area contributed by atoms with E-state index in [-0.39, 0.29) is 30.4 Å². The fraction of sp³-hybridized carbons (Fsp3) is 0.306. The van der Waals surface area contributed by atoms with E-state index in [1.807, 2.05) is 39.8 Å². The van der Waals surface area contributed by atoms with E-state index in [1.165, 1.54) is 49.8 Å². The van der Waals surface area contributed by atoms with Crippen molar-refractivity contribution < 1.29 is 32.9 Å². The predicted octanol–water partition coefficient (Wildman–Crippen LogP) is 9.48. The molecule has 8 heteroatoms. The normalized spacial score (nSPS) is 12.5. The van der Waals surface area contributed by atoms with Gasteiger partial charge >= 0.3 is 5.97 Å². The van der Waals surface area contributed by atoms with Crippen molar-refractivity contribution >= 4 is 21.9 Å². The predicted molar refractivity (Wildman–Crippen MR) is 172 cm³/mol. The number of ether oxygens (including phenoxy) is 3. The molecule has 4 aromatic carbocycles. The van der Waals surface area contributed by atoms with Gasteiger partial charge in [0.05, 0.1) is 25.9 Å². The summed E-state index contributed by atoms with van der Waals surface area (Å²) in [4.78, 5) is 11.9. The molecule has 0 amide bonds. The lowest BCUT2D eigenvalue weighted by atomic mass is 9.94. The lowest BCUT2D eigenvalue weighted by molar-refractivity contribution is 0.0594.